The van der Waals surface area contributed by atoms with Crippen LogP contribution in [0, 0.1) is 5.92 Å². The van der Waals surface area contributed by atoms with E-state index in [0.29, 0.717) is 5.92 Å². The number of likely N-dealkylation sites (N-methyl/N-ethyl adjacent to an activating group) is 1. The first-order valence-corrected chi connectivity index (χ1v) is 5.94. The lowest BCUT2D eigenvalue weighted by atomic mass is 9.99. The monoisotopic (exact) mass is 211 g/mol. The van der Waals surface area contributed by atoms with Gasteiger partial charge in [-0.25, -0.2) is 4.79 Å². The number of rotatable bonds is 3. The van der Waals surface area contributed by atoms with E-state index in [1.807, 2.05) is 11.9 Å². The minimum atomic E-state index is 0.142. The van der Waals surface area contributed by atoms with Crippen molar-refractivity contribution in [3.63, 3.8) is 0 Å². The summed E-state index contributed by atoms with van der Waals surface area (Å²) in [6.07, 6.45) is 5.12. The number of urea groups is 1. The zero-order valence-corrected chi connectivity index (χ0v) is 9.48. The van der Waals surface area contributed by atoms with Crippen LogP contribution in [0.5, 0.6) is 0 Å². The fraction of sp³-hybridized carbons (Fsp3) is 0.909. The van der Waals surface area contributed by atoms with Crippen LogP contribution in [0.15, 0.2) is 0 Å². The van der Waals surface area contributed by atoms with Gasteiger partial charge in [0.15, 0.2) is 0 Å². The number of carbonyl (C=O) groups is 1. The predicted octanol–water partition coefficient (Wildman–Crippen LogP) is 0.871. The van der Waals surface area contributed by atoms with Crippen molar-refractivity contribution in [2.75, 3.05) is 26.7 Å². The Morgan fingerprint density at radius 3 is 2.60 bits per heavy atom. The Morgan fingerprint density at radius 1 is 1.40 bits per heavy atom. The highest BCUT2D eigenvalue weighted by Crippen LogP contribution is 2.27. The van der Waals surface area contributed by atoms with Crippen molar-refractivity contribution in [3.05, 3.63) is 0 Å². The summed E-state index contributed by atoms with van der Waals surface area (Å²) in [5.74, 6) is 0.642. The number of carbonyl (C=O) groups excluding carboxylic acids is 1. The number of nitrogens with zero attached hydrogens (tertiary/aromatic N) is 2. The molecule has 1 saturated heterocycles. The van der Waals surface area contributed by atoms with E-state index in [0.717, 1.165) is 19.6 Å². The molecule has 1 atom stereocenters. The van der Waals surface area contributed by atoms with Gasteiger partial charge < -0.3 is 15.5 Å². The van der Waals surface area contributed by atoms with Crippen molar-refractivity contribution >= 4 is 6.03 Å². The van der Waals surface area contributed by atoms with Gasteiger partial charge in [-0.2, -0.15) is 0 Å². The van der Waals surface area contributed by atoms with Crippen LogP contribution in [0.4, 0.5) is 4.79 Å². The summed E-state index contributed by atoms with van der Waals surface area (Å²) in [5, 5.41) is 0. The summed E-state index contributed by atoms with van der Waals surface area (Å²) >= 11 is 0. The third-order valence-corrected chi connectivity index (χ3v) is 3.74. The third kappa shape index (κ3) is 2.25. The molecule has 0 aromatic heterocycles. The van der Waals surface area contributed by atoms with Crippen molar-refractivity contribution in [1.82, 2.24) is 9.80 Å². The molecule has 0 radical (unpaired) electrons. The summed E-state index contributed by atoms with van der Waals surface area (Å²) in [7, 11) is 1.85. The smallest absolute Gasteiger partial charge is 0.319 e. The Hall–Kier alpha value is -0.770. The first-order chi connectivity index (χ1) is 7.18. The lowest BCUT2D eigenvalue weighted by molar-refractivity contribution is 0.192. The van der Waals surface area contributed by atoms with Crippen LogP contribution in [0.25, 0.3) is 0 Å². The van der Waals surface area contributed by atoms with Gasteiger partial charge in [0.2, 0.25) is 0 Å². The van der Waals surface area contributed by atoms with Crippen molar-refractivity contribution in [2.45, 2.75) is 31.7 Å². The second-order valence-corrected chi connectivity index (χ2v) is 4.86. The Bertz CT molecular complexity index is 238. The molecule has 2 fully saturated rings. The molecule has 0 aromatic carbocycles. The van der Waals surface area contributed by atoms with Gasteiger partial charge >= 0.3 is 6.03 Å². The van der Waals surface area contributed by atoms with Gasteiger partial charge in [-0.1, -0.05) is 12.8 Å². The maximum absolute atomic E-state index is 11.7. The van der Waals surface area contributed by atoms with Gasteiger partial charge in [-0.3, -0.25) is 0 Å². The number of amides is 2. The standard InChI is InChI=1S/C11H21N3O/c1-13-6-7-14(11(13)15)8-10(12)9-4-2-3-5-9/h9-10H,2-8,12H2,1H3. The van der Waals surface area contributed by atoms with E-state index in [2.05, 4.69) is 0 Å². The van der Waals surface area contributed by atoms with Gasteiger partial charge in [0.1, 0.15) is 0 Å². The largest absolute Gasteiger partial charge is 0.326 e. The number of hydrogen-bond acceptors (Lipinski definition) is 2. The fourth-order valence-electron chi connectivity index (χ4n) is 2.66. The molecule has 1 saturated carbocycles. The second-order valence-electron chi connectivity index (χ2n) is 4.86. The van der Waals surface area contributed by atoms with Crippen LogP contribution in [0.3, 0.4) is 0 Å². The van der Waals surface area contributed by atoms with E-state index in [1.54, 1.807) is 4.90 Å². The first kappa shape index (κ1) is 10.7. The molecule has 2 amide bonds. The van der Waals surface area contributed by atoms with Crippen LogP contribution in [0.2, 0.25) is 0 Å². The Balaban J connectivity index is 1.83. The highest BCUT2D eigenvalue weighted by molar-refractivity contribution is 5.76. The molecule has 1 aliphatic carbocycles. The fourth-order valence-corrected chi connectivity index (χ4v) is 2.66. The van der Waals surface area contributed by atoms with Crippen LogP contribution in [0.1, 0.15) is 25.7 Å². The highest BCUT2D eigenvalue weighted by Gasteiger charge is 2.30. The Labute approximate surface area is 91.4 Å². The molecular weight excluding hydrogens is 190 g/mol. The van der Waals surface area contributed by atoms with E-state index in [4.69, 9.17) is 5.73 Å². The van der Waals surface area contributed by atoms with Gasteiger partial charge in [-0.05, 0) is 18.8 Å². The van der Waals surface area contributed by atoms with Crippen LogP contribution >= 0.6 is 0 Å². The van der Waals surface area contributed by atoms with E-state index in [1.165, 1.54) is 25.7 Å². The molecule has 4 nitrogen and oxygen atoms in total. The molecule has 15 heavy (non-hydrogen) atoms. The van der Waals surface area contributed by atoms with Crippen LogP contribution < -0.4 is 5.73 Å². The second kappa shape index (κ2) is 4.39. The molecule has 0 aromatic rings. The maximum Gasteiger partial charge on any atom is 0.319 e. The minimum Gasteiger partial charge on any atom is -0.326 e. The average molecular weight is 211 g/mol. The molecule has 2 aliphatic rings. The van der Waals surface area contributed by atoms with Crippen molar-refractivity contribution in [1.29, 1.82) is 0 Å². The molecule has 0 bridgehead atoms. The molecule has 0 spiro atoms. The molecular formula is C11H21N3O. The quantitative estimate of drug-likeness (QED) is 0.753. The number of nitrogens with two attached hydrogens (primary N) is 1. The summed E-state index contributed by atoms with van der Waals surface area (Å²) in [6, 6.07) is 0.325. The van der Waals surface area contributed by atoms with E-state index in [9.17, 15) is 4.79 Å². The molecule has 1 unspecified atom stereocenters. The average Bonchev–Trinajstić information content (AvgIpc) is 2.83. The zero-order valence-electron chi connectivity index (χ0n) is 9.48. The van der Waals surface area contributed by atoms with Gasteiger partial charge in [0.05, 0.1) is 0 Å². The summed E-state index contributed by atoms with van der Waals surface area (Å²) in [5.41, 5.74) is 6.15. The zero-order chi connectivity index (χ0) is 10.8. The Morgan fingerprint density at radius 2 is 2.07 bits per heavy atom. The predicted molar refractivity (Wildman–Crippen MR) is 59.5 cm³/mol. The van der Waals surface area contributed by atoms with E-state index >= 15 is 0 Å². The maximum atomic E-state index is 11.7. The van der Waals surface area contributed by atoms with Gasteiger partial charge in [0, 0.05) is 32.7 Å². The minimum absolute atomic E-state index is 0.142. The highest BCUT2D eigenvalue weighted by atomic mass is 16.2. The normalized spacial score (nSPS) is 25.3. The first-order valence-electron chi connectivity index (χ1n) is 5.94. The molecule has 86 valence electrons. The Kier molecular flexibility index (Phi) is 3.14. The van der Waals surface area contributed by atoms with Crippen LogP contribution in [-0.4, -0.2) is 48.6 Å². The summed E-state index contributed by atoms with van der Waals surface area (Å²) < 4.78 is 0. The summed E-state index contributed by atoms with van der Waals surface area (Å²) in [6.45, 7) is 2.43. The van der Waals surface area contributed by atoms with Crippen molar-refractivity contribution in [3.8, 4) is 0 Å². The van der Waals surface area contributed by atoms with E-state index in [-0.39, 0.29) is 12.1 Å². The van der Waals surface area contributed by atoms with Crippen molar-refractivity contribution in [2.24, 2.45) is 11.7 Å². The van der Waals surface area contributed by atoms with E-state index < -0.39 is 0 Å². The molecule has 2 N–H and O–H groups in total. The number of hydrogen-bond donors (Lipinski definition) is 1. The van der Waals surface area contributed by atoms with Crippen LogP contribution in [-0.2, 0) is 0 Å². The molecule has 4 heteroatoms. The third-order valence-electron chi connectivity index (χ3n) is 3.74. The lowest BCUT2D eigenvalue weighted by Gasteiger charge is -2.24. The topological polar surface area (TPSA) is 49.6 Å². The van der Waals surface area contributed by atoms with Crippen molar-refractivity contribution < 1.29 is 4.79 Å². The van der Waals surface area contributed by atoms with Gasteiger partial charge in [-0.15, -0.1) is 0 Å². The SMILES string of the molecule is CN1CCN(CC(N)C2CCCC2)C1=O. The molecule has 1 heterocycles. The lowest BCUT2D eigenvalue weighted by Crippen LogP contribution is -2.43. The molecule has 2 rings (SSSR count). The summed E-state index contributed by atoms with van der Waals surface area (Å²) in [4.78, 5) is 15.3. The van der Waals surface area contributed by atoms with Gasteiger partial charge in [0.25, 0.3) is 0 Å². The molecule has 1 aliphatic heterocycles.